The number of amides is 1. The van der Waals surface area contributed by atoms with E-state index in [0.717, 1.165) is 34.0 Å². The third-order valence-electron chi connectivity index (χ3n) is 5.54. The standard InChI is InChI=1S/C22H21ClN2O2S2/c1-25(20(27)13-15-14-29-21(24-15)18-9-6-12-28-18)22(11-5-4-10-19(22)26)16-7-2-3-8-17(16)23/h2-3,6-9,12,14H,4-5,10-11,13H2,1H3. The lowest BCUT2D eigenvalue weighted by Crippen LogP contribution is -2.54. The normalized spacial score (nSPS) is 19.3. The average Bonchev–Trinajstić information content (AvgIpc) is 3.40. The predicted octanol–water partition coefficient (Wildman–Crippen LogP) is 5.56. The Kier molecular flexibility index (Phi) is 5.86. The fourth-order valence-corrected chi connectivity index (χ4v) is 5.94. The van der Waals surface area contributed by atoms with Gasteiger partial charge in [-0.25, -0.2) is 4.98 Å². The maximum atomic E-state index is 13.2. The molecule has 2 aromatic heterocycles. The van der Waals surface area contributed by atoms with Gasteiger partial charge in [0, 0.05) is 29.4 Å². The van der Waals surface area contributed by atoms with E-state index in [4.69, 9.17) is 11.6 Å². The Morgan fingerprint density at radius 1 is 1.21 bits per heavy atom. The van der Waals surface area contributed by atoms with E-state index in [-0.39, 0.29) is 18.1 Å². The molecule has 0 N–H and O–H groups in total. The molecule has 1 fully saturated rings. The Hall–Kier alpha value is -2.02. The fraction of sp³-hybridized carbons (Fsp3) is 0.318. The molecule has 4 rings (SSSR count). The van der Waals surface area contributed by atoms with Gasteiger partial charge in [-0.3, -0.25) is 9.59 Å². The van der Waals surface area contributed by atoms with Gasteiger partial charge >= 0.3 is 0 Å². The summed E-state index contributed by atoms with van der Waals surface area (Å²) >= 11 is 9.65. The number of likely N-dealkylation sites (N-methyl/N-ethyl adjacent to an activating group) is 1. The topological polar surface area (TPSA) is 50.3 Å². The molecule has 0 radical (unpaired) electrons. The summed E-state index contributed by atoms with van der Waals surface area (Å²) in [6, 6.07) is 11.4. The van der Waals surface area contributed by atoms with Gasteiger partial charge in [0.05, 0.1) is 17.0 Å². The summed E-state index contributed by atoms with van der Waals surface area (Å²) in [6.07, 6.45) is 2.95. The first-order valence-corrected chi connectivity index (χ1v) is 11.7. The van der Waals surface area contributed by atoms with Crippen LogP contribution in [-0.2, 0) is 21.5 Å². The van der Waals surface area contributed by atoms with Crippen molar-refractivity contribution in [3.63, 3.8) is 0 Å². The summed E-state index contributed by atoms with van der Waals surface area (Å²) in [5.41, 5.74) is 0.452. The molecule has 1 aromatic carbocycles. The Morgan fingerprint density at radius 3 is 2.76 bits per heavy atom. The fourth-order valence-electron chi connectivity index (χ4n) is 4.02. The Balaban J connectivity index is 1.63. The van der Waals surface area contributed by atoms with E-state index >= 15 is 0 Å². The molecule has 0 aliphatic heterocycles. The number of nitrogens with zero attached hydrogens (tertiary/aromatic N) is 2. The number of benzene rings is 1. The Labute approximate surface area is 183 Å². The smallest absolute Gasteiger partial charge is 0.229 e. The highest BCUT2D eigenvalue weighted by molar-refractivity contribution is 7.20. The van der Waals surface area contributed by atoms with Crippen LogP contribution in [0.25, 0.3) is 9.88 Å². The first kappa shape index (κ1) is 20.3. The number of hydrogen-bond donors (Lipinski definition) is 0. The highest BCUT2D eigenvalue weighted by Crippen LogP contribution is 2.42. The summed E-state index contributed by atoms with van der Waals surface area (Å²) in [6.45, 7) is 0. The van der Waals surface area contributed by atoms with Crippen LogP contribution in [0.15, 0.2) is 47.2 Å². The molecule has 7 heteroatoms. The van der Waals surface area contributed by atoms with E-state index < -0.39 is 5.54 Å². The van der Waals surface area contributed by atoms with Gasteiger partial charge in [-0.05, 0) is 36.8 Å². The Morgan fingerprint density at radius 2 is 2.03 bits per heavy atom. The maximum absolute atomic E-state index is 13.2. The lowest BCUT2D eigenvalue weighted by Gasteiger charge is -2.44. The molecular weight excluding hydrogens is 424 g/mol. The van der Waals surface area contributed by atoms with Crippen molar-refractivity contribution in [2.24, 2.45) is 0 Å². The highest BCUT2D eigenvalue weighted by Gasteiger charge is 2.47. The van der Waals surface area contributed by atoms with Gasteiger partial charge in [-0.2, -0.15) is 0 Å². The van der Waals surface area contributed by atoms with Crippen LogP contribution in [-0.4, -0.2) is 28.6 Å². The molecule has 1 atom stereocenters. The van der Waals surface area contributed by atoms with E-state index in [1.807, 2.05) is 41.1 Å². The average molecular weight is 445 g/mol. The largest absolute Gasteiger partial charge is 0.328 e. The second-order valence-corrected chi connectivity index (χ2v) is 9.43. The van der Waals surface area contributed by atoms with Crippen molar-refractivity contribution < 1.29 is 9.59 Å². The molecule has 3 aromatic rings. The third-order valence-corrected chi connectivity index (χ3v) is 7.80. The number of thiazole rings is 1. The molecule has 1 amide bonds. The second-order valence-electron chi connectivity index (χ2n) is 7.22. The van der Waals surface area contributed by atoms with Crippen molar-refractivity contribution in [3.05, 3.63) is 63.4 Å². The van der Waals surface area contributed by atoms with Gasteiger partial charge in [-0.15, -0.1) is 22.7 Å². The van der Waals surface area contributed by atoms with Crippen molar-refractivity contribution in [1.82, 2.24) is 9.88 Å². The zero-order valence-electron chi connectivity index (χ0n) is 16.1. The molecule has 29 heavy (non-hydrogen) atoms. The summed E-state index contributed by atoms with van der Waals surface area (Å²) in [4.78, 5) is 33.7. The van der Waals surface area contributed by atoms with Gasteiger partial charge in [0.15, 0.2) is 5.78 Å². The van der Waals surface area contributed by atoms with Crippen LogP contribution in [0.1, 0.15) is 36.9 Å². The van der Waals surface area contributed by atoms with Crippen molar-refractivity contribution in [1.29, 1.82) is 0 Å². The molecule has 0 saturated heterocycles. The summed E-state index contributed by atoms with van der Waals surface area (Å²) in [5, 5.41) is 5.37. The van der Waals surface area contributed by atoms with Crippen LogP contribution in [0.3, 0.4) is 0 Å². The molecular formula is C22H21ClN2O2S2. The van der Waals surface area contributed by atoms with E-state index in [1.165, 1.54) is 11.3 Å². The first-order chi connectivity index (χ1) is 14.0. The minimum atomic E-state index is -1.000. The number of halogens is 1. The van der Waals surface area contributed by atoms with E-state index in [9.17, 15) is 9.59 Å². The number of thiophene rings is 1. The molecule has 150 valence electrons. The lowest BCUT2D eigenvalue weighted by molar-refractivity contribution is -0.147. The van der Waals surface area contributed by atoms with Crippen LogP contribution in [0.4, 0.5) is 0 Å². The van der Waals surface area contributed by atoms with Crippen molar-refractivity contribution in [3.8, 4) is 9.88 Å². The SMILES string of the molecule is CN(C(=O)Cc1csc(-c2cccs2)n1)C1(c2ccccc2Cl)CCCCC1=O. The monoisotopic (exact) mass is 444 g/mol. The molecule has 1 aliphatic carbocycles. The summed E-state index contributed by atoms with van der Waals surface area (Å²) in [5.74, 6) is -0.0616. The molecule has 1 aliphatic rings. The highest BCUT2D eigenvalue weighted by atomic mass is 35.5. The molecule has 1 unspecified atom stereocenters. The summed E-state index contributed by atoms with van der Waals surface area (Å²) in [7, 11) is 1.72. The maximum Gasteiger partial charge on any atom is 0.229 e. The number of ketones is 1. The van der Waals surface area contributed by atoms with Gasteiger partial charge in [-0.1, -0.05) is 35.9 Å². The van der Waals surface area contributed by atoms with Crippen LogP contribution in [0.2, 0.25) is 5.02 Å². The lowest BCUT2D eigenvalue weighted by atomic mass is 9.74. The molecule has 0 spiro atoms. The zero-order valence-corrected chi connectivity index (χ0v) is 18.4. The van der Waals surface area contributed by atoms with Gasteiger partial charge in [0.1, 0.15) is 10.5 Å². The quantitative estimate of drug-likeness (QED) is 0.517. The first-order valence-electron chi connectivity index (χ1n) is 9.55. The number of aromatic nitrogens is 1. The zero-order chi connectivity index (χ0) is 20.4. The van der Waals surface area contributed by atoms with Crippen LogP contribution >= 0.6 is 34.3 Å². The van der Waals surface area contributed by atoms with E-state index in [2.05, 4.69) is 4.98 Å². The Bertz CT molecular complexity index is 1030. The number of Topliss-reactive ketones (excluding diaryl/α,β-unsaturated/α-hetero) is 1. The van der Waals surface area contributed by atoms with E-state index in [1.54, 1.807) is 29.4 Å². The minimum Gasteiger partial charge on any atom is -0.328 e. The van der Waals surface area contributed by atoms with Crippen molar-refractivity contribution in [2.45, 2.75) is 37.6 Å². The van der Waals surface area contributed by atoms with Crippen LogP contribution in [0.5, 0.6) is 0 Å². The van der Waals surface area contributed by atoms with Crippen molar-refractivity contribution >= 4 is 46.0 Å². The van der Waals surface area contributed by atoms with Gasteiger partial charge in [0.25, 0.3) is 0 Å². The number of carbonyl (C=O) groups is 2. The molecule has 0 bridgehead atoms. The number of rotatable bonds is 5. The van der Waals surface area contributed by atoms with Crippen LogP contribution < -0.4 is 0 Å². The number of carbonyl (C=O) groups excluding carboxylic acids is 2. The third kappa shape index (κ3) is 3.77. The van der Waals surface area contributed by atoms with E-state index in [0.29, 0.717) is 17.9 Å². The van der Waals surface area contributed by atoms with Gasteiger partial charge in [0.2, 0.25) is 5.91 Å². The van der Waals surface area contributed by atoms with Crippen LogP contribution in [0, 0.1) is 0 Å². The minimum absolute atomic E-state index is 0.0604. The number of hydrogen-bond acceptors (Lipinski definition) is 5. The predicted molar refractivity (Wildman–Crippen MR) is 119 cm³/mol. The van der Waals surface area contributed by atoms with Gasteiger partial charge < -0.3 is 4.90 Å². The molecule has 1 saturated carbocycles. The molecule has 4 nitrogen and oxygen atoms in total. The summed E-state index contributed by atoms with van der Waals surface area (Å²) < 4.78 is 0. The van der Waals surface area contributed by atoms with Crippen molar-refractivity contribution in [2.75, 3.05) is 7.05 Å². The molecule has 2 heterocycles. The second kappa shape index (κ2) is 8.38.